The molecule has 5 heteroatoms. The molecule has 0 saturated heterocycles. The van der Waals surface area contributed by atoms with Crippen LogP contribution in [0.1, 0.15) is 20.7 Å². The maximum atomic E-state index is 12.5. The molecule has 1 heterocycles. The minimum absolute atomic E-state index is 0.142. The van der Waals surface area contributed by atoms with Gasteiger partial charge in [-0.15, -0.1) is 0 Å². The topological polar surface area (TPSA) is 55.7 Å². The number of ketones is 2. The molecule has 0 aliphatic carbocycles. The summed E-state index contributed by atoms with van der Waals surface area (Å²) >= 11 is -1.01. The molecular formula is C16H10INO3. The Labute approximate surface area is 131 Å². The molecule has 1 aliphatic heterocycles. The number of rotatable bonds is 4. The van der Waals surface area contributed by atoms with E-state index in [-0.39, 0.29) is 17.3 Å². The van der Waals surface area contributed by atoms with Crippen LogP contribution in [0.3, 0.4) is 0 Å². The highest BCUT2D eigenvalue weighted by Crippen LogP contribution is 2.20. The first kappa shape index (κ1) is 13.8. The Kier molecular flexibility index (Phi) is 4.01. The van der Waals surface area contributed by atoms with Crippen molar-refractivity contribution >= 4 is 41.9 Å². The summed E-state index contributed by atoms with van der Waals surface area (Å²) in [7, 11) is 0. The Hall–Kier alpha value is -2.15. The van der Waals surface area contributed by atoms with E-state index in [1.165, 1.54) is 0 Å². The number of halogens is 1. The first-order valence-electron chi connectivity index (χ1n) is 6.23. The van der Waals surface area contributed by atoms with Crippen LogP contribution >= 0.6 is 21.1 Å². The van der Waals surface area contributed by atoms with Gasteiger partial charge in [0.25, 0.3) is 0 Å². The van der Waals surface area contributed by atoms with Crippen molar-refractivity contribution in [2.45, 2.75) is 0 Å². The summed E-state index contributed by atoms with van der Waals surface area (Å²) in [6.07, 6.45) is 0. The molecule has 0 N–H and O–H groups in total. The van der Waals surface area contributed by atoms with Gasteiger partial charge in [-0.25, -0.2) is 0 Å². The summed E-state index contributed by atoms with van der Waals surface area (Å²) in [6.45, 7) is 0. The number of hydrogen-bond donors (Lipinski definition) is 0. The van der Waals surface area contributed by atoms with Crippen molar-refractivity contribution in [3.63, 3.8) is 0 Å². The smallest absolute Gasteiger partial charge is 0.216 e. The van der Waals surface area contributed by atoms with Crippen molar-refractivity contribution in [3.8, 4) is 0 Å². The van der Waals surface area contributed by atoms with E-state index in [2.05, 4.69) is 5.16 Å². The van der Waals surface area contributed by atoms with Gasteiger partial charge in [-0.05, 0) is 0 Å². The van der Waals surface area contributed by atoms with Crippen LogP contribution in [0.5, 0.6) is 0 Å². The van der Waals surface area contributed by atoms with Gasteiger partial charge in [0.15, 0.2) is 26.9 Å². The molecule has 0 fully saturated rings. The molecule has 0 spiro atoms. The zero-order valence-corrected chi connectivity index (χ0v) is 13.0. The second kappa shape index (κ2) is 6.09. The molecule has 0 radical (unpaired) electrons. The molecule has 0 unspecified atom stereocenters. The molecule has 21 heavy (non-hydrogen) atoms. The molecule has 2 aromatic rings. The SMILES string of the molecule is O=C(C1=NOI=C1C(=O)c1ccccc1)c1ccccc1. The van der Waals surface area contributed by atoms with Crippen molar-refractivity contribution in [1.29, 1.82) is 0 Å². The van der Waals surface area contributed by atoms with Crippen molar-refractivity contribution < 1.29 is 12.8 Å². The van der Waals surface area contributed by atoms with E-state index in [0.717, 1.165) is 0 Å². The van der Waals surface area contributed by atoms with Gasteiger partial charge in [0.05, 0.1) is 0 Å². The molecule has 1 aliphatic rings. The lowest BCUT2D eigenvalue weighted by Crippen LogP contribution is -2.28. The van der Waals surface area contributed by atoms with E-state index in [0.29, 0.717) is 14.6 Å². The fourth-order valence-electron chi connectivity index (χ4n) is 1.89. The lowest BCUT2D eigenvalue weighted by atomic mass is 10.00. The normalized spacial score (nSPS) is 13.5. The highest BCUT2D eigenvalue weighted by Gasteiger charge is 2.30. The van der Waals surface area contributed by atoms with E-state index < -0.39 is 21.1 Å². The first-order valence-corrected chi connectivity index (χ1v) is 8.19. The Morgan fingerprint density at radius 1 is 0.810 bits per heavy atom. The Morgan fingerprint density at radius 3 is 1.90 bits per heavy atom. The first-order chi connectivity index (χ1) is 10.3. The fraction of sp³-hybridized carbons (Fsp3) is 0. The van der Waals surface area contributed by atoms with Crippen LogP contribution in [0.2, 0.25) is 0 Å². The molecule has 0 bridgehead atoms. The number of nitrogens with zero attached hydrogens (tertiary/aromatic N) is 1. The molecule has 104 valence electrons. The average molecular weight is 391 g/mol. The molecule has 0 atom stereocenters. The van der Waals surface area contributed by atoms with Crippen LogP contribution in [0, 0.1) is 0 Å². The summed E-state index contributed by atoms with van der Waals surface area (Å²) in [5.74, 6) is -0.448. The van der Waals surface area contributed by atoms with Gasteiger partial charge < -0.3 is 3.17 Å². The number of hydrogen-bond acceptors (Lipinski definition) is 4. The third-order valence-electron chi connectivity index (χ3n) is 2.93. The molecule has 2 aromatic carbocycles. The number of carbonyl (C=O) groups excluding carboxylic acids is 2. The van der Waals surface area contributed by atoms with Gasteiger partial charge in [0.2, 0.25) is 11.6 Å². The molecule has 4 nitrogen and oxygen atoms in total. The Bertz CT molecular complexity index is 686. The number of oxime groups is 1. The summed E-state index contributed by atoms with van der Waals surface area (Å²) in [6, 6.07) is 17.6. The minimum atomic E-state index is -1.01. The monoisotopic (exact) mass is 391 g/mol. The van der Waals surface area contributed by atoms with E-state index >= 15 is 0 Å². The Balaban J connectivity index is 1.90. The average Bonchev–Trinajstić information content (AvgIpc) is 3.04. The largest absolute Gasteiger partial charge is 0.334 e. The van der Waals surface area contributed by atoms with Crippen molar-refractivity contribution in [3.05, 3.63) is 71.8 Å². The number of Topliss-reactive ketones (excluding diaryl/α,β-unsaturated/α-hetero) is 2. The highest BCUT2D eigenvalue weighted by molar-refractivity contribution is 14.2. The molecule has 0 saturated carbocycles. The predicted octanol–water partition coefficient (Wildman–Crippen LogP) is 3.20. The lowest BCUT2D eigenvalue weighted by molar-refractivity contribution is 0.104. The van der Waals surface area contributed by atoms with Crippen LogP contribution in [0.15, 0.2) is 65.8 Å². The standard InChI is InChI=1S/C16H10INO3/c19-15(11-7-3-1-4-8-11)13-14(18-21-17-13)16(20)12-9-5-2-6-10-12/h1-10H. The van der Waals surface area contributed by atoms with Crippen molar-refractivity contribution in [2.75, 3.05) is 0 Å². The van der Waals surface area contributed by atoms with Crippen LogP contribution in [0.25, 0.3) is 0 Å². The van der Waals surface area contributed by atoms with E-state index in [1.807, 2.05) is 12.1 Å². The third-order valence-corrected chi connectivity index (χ3v) is 4.77. The maximum absolute atomic E-state index is 12.5. The van der Waals surface area contributed by atoms with Crippen LogP contribution in [0.4, 0.5) is 0 Å². The van der Waals surface area contributed by atoms with Gasteiger partial charge >= 0.3 is 0 Å². The molecule has 3 rings (SSSR count). The molecule has 0 aromatic heterocycles. The fourth-order valence-corrected chi connectivity index (χ4v) is 3.44. The zero-order valence-electron chi connectivity index (χ0n) is 10.8. The van der Waals surface area contributed by atoms with Crippen LogP contribution in [-0.4, -0.2) is 20.8 Å². The highest BCUT2D eigenvalue weighted by atomic mass is 127. The maximum Gasteiger partial charge on any atom is 0.216 e. The van der Waals surface area contributed by atoms with Gasteiger partial charge in [0.1, 0.15) is 3.51 Å². The quantitative estimate of drug-likeness (QED) is 0.594. The van der Waals surface area contributed by atoms with Crippen LogP contribution in [-0.2, 0) is 3.17 Å². The van der Waals surface area contributed by atoms with Crippen molar-refractivity contribution in [1.82, 2.24) is 0 Å². The van der Waals surface area contributed by atoms with Gasteiger partial charge in [-0.2, -0.15) is 0 Å². The van der Waals surface area contributed by atoms with Crippen molar-refractivity contribution in [2.24, 2.45) is 5.16 Å². The molecular weight excluding hydrogens is 381 g/mol. The number of carbonyl (C=O) groups is 2. The van der Waals surface area contributed by atoms with E-state index in [4.69, 9.17) is 3.17 Å². The zero-order chi connectivity index (χ0) is 14.7. The minimum Gasteiger partial charge on any atom is -0.334 e. The summed E-state index contributed by atoms with van der Waals surface area (Å²) in [5, 5.41) is 3.80. The molecule has 0 amide bonds. The van der Waals surface area contributed by atoms with E-state index in [1.54, 1.807) is 48.5 Å². The Morgan fingerprint density at radius 2 is 1.33 bits per heavy atom. The lowest BCUT2D eigenvalue weighted by Gasteiger charge is -2.03. The predicted molar refractivity (Wildman–Crippen MR) is 89.1 cm³/mol. The van der Waals surface area contributed by atoms with E-state index in [9.17, 15) is 9.59 Å². The van der Waals surface area contributed by atoms with Gasteiger partial charge in [0, 0.05) is 11.1 Å². The number of benzene rings is 2. The second-order valence-corrected chi connectivity index (χ2v) is 6.20. The third kappa shape index (κ3) is 2.82. The van der Waals surface area contributed by atoms with Crippen LogP contribution < -0.4 is 0 Å². The van der Waals surface area contributed by atoms with Gasteiger partial charge in [-0.3, -0.25) is 9.59 Å². The summed E-state index contributed by atoms with van der Waals surface area (Å²) < 4.78 is 5.49. The summed E-state index contributed by atoms with van der Waals surface area (Å²) in [5.41, 5.74) is 1.19. The van der Waals surface area contributed by atoms with Gasteiger partial charge in [-0.1, -0.05) is 65.8 Å². The summed E-state index contributed by atoms with van der Waals surface area (Å²) in [4.78, 5) is 24.9. The second-order valence-electron chi connectivity index (χ2n) is 4.29.